The van der Waals surface area contributed by atoms with Gasteiger partial charge in [0.2, 0.25) is 0 Å². The number of anilines is 2. The largest absolute Gasteiger partial charge is 0.383 e. The molecule has 0 amide bonds. The van der Waals surface area contributed by atoms with Gasteiger partial charge in [-0.05, 0) is 24.6 Å². The van der Waals surface area contributed by atoms with Gasteiger partial charge in [0.05, 0.1) is 19.8 Å². The van der Waals surface area contributed by atoms with Crippen molar-refractivity contribution in [3.8, 4) is 0 Å². The molecule has 0 spiro atoms. The lowest BCUT2D eigenvalue weighted by Gasteiger charge is -2.17. The highest BCUT2D eigenvalue weighted by Crippen LogP contribution is 2.22. The fourth-order valence-electron chi connectivity index (χ4n) is 1.71. The van der Waals surface area contributed by atoms with Gasteiger partial charge in [0.25, 0.3) is 0 Å². The molecule has 102 valence electrons. The summed E-state index contributed by atoms with van der Waals surface area (Å²) in [6.45, 7) is 4.91. The maximum Gasteiger partial charge on any atom is 0.0701 e. The van der Waals surface area contributed by atoms with Crippen LogP contribution in [0.15, 0.2) is 18.2 Å². The summed E-state index contributed by atoms with van der Waals surface area (Å²) < 4.78 is 10.3. The number of hydrogen-bond donors (Lipinski definition) is 1. The van der Waals surface area contributed by atoms with Crippen molar-refractivity contribution >= 4 is 11.4 Å². The minimum absolute atomic E-state index is 0.648. The van der Waals surface area contributed by atoms with Crippen LogP contribution < -0.4 is 10.2 Å². The van der Waals surface area contributed by atoms with Gasteiger partial charge in [0.1, 0.15) is 0 Å². The summed E-state index contributed by atoms with van der Waals surface area (Å²) in [6.07, 6.45) is 0. The Balaban J connectivity index is 2.36. The van der Waals surface area contributed by atoms with E-state index in [0.29, 0.717) is 19.8 Å². The average Bonchev–Trinajstić information content (AvgIpc) is 2.35. The Labute approximate surface area is 110 Å². The predicted octanol–water partition coefficient (Wildman–Crippen LogP) is 2.14. The summed E-state index contributed by atoms with van der Waals surface area (Å²) >= 11 is 0. The number of rotatable bonds is 8. The van der Waals surface area contributed by atoms with E-state index in [1.165, 1.54) is 11.3 Å². The Morgan fingerprint density at radius 1 is 1.17 bits per heavy atom. The summed E-state index contributed by atoms with van der Waals surface area (Å²) in [7, 11) is 5.79. The van der Waals surface area contributed by atoms with Crippen LogP contribution in [0.1, 0.15) is 5.56 Å². The summed E-state index contributed by atoms with van der Waals surface area (Å²) in [5.74, 6) is 0. The third-order valence-corrected chi connectivity index (χ3v) is 2.70. The number of aryl methyl sites for hydroxylation is 1. The summed E-state index contributed by atoms with van der Waals surface area (Å²) in [6, 6.07) is 6.38. The molecule has 18 heavy (non-hydrogen) atoms. The van der Waals surface area contributed by atoms with Crippen molar-refractivity contribution in [2.45, 2.75) is 6.92 Å². The van der Waals surface area contributed by atoms with E-state index in [-0.39, 0.29) is 0 Å². The molecule has 0 unspecified atom stereocenters. The topological polar surface area (TPSA) is 33.7 Å². The molecule has 0 saturated heterocycles. The monoisotopic (exact) mass is 252 g/mol. The van der Waals surface area contributed by atoms with Gasteiger partial charge >= 0.3 is 0 Å². The molecular weight excluding hydrogens is 228 g/mol. The third-order valence-electron chi connectivity index (χ3n) is 2.70. The van der Waals surface area contributed by atoms with Crippen LogP contribution in [-0.2, 0) is 9.47 Å². The van der Waals surface area contributed by atoms with Crippen LogP contribution in [0.5, 0.6) is 0 Å². The molecule has 0 aliphatic rings. The Kier molecular flexibility index (Phi) is 6.54. The van der Waals surface area contributed by atoms with Gasteiger partial charge in [-0.1, -0.05) is 6.07 Å². The number of methoxy groups -OCH3 is 1. The molecule has 0 radical (unpaired) electrons. The number of benzene rings is 1. The summed E-state index contributed by atoms with van der Waals surface area (Å²) in [5.41, 5.74) is 3.64. The summed E-state index contributed by atoms with van der Waals surface area (Å²) in [4.78, 5) is 2.12. The van der Waals surface area contributed by atoms with Crippen LogP contribution in [-0.4, -0.2) is 47.6 Å². The first-order valence-electron chi connectivity index (χ1n) is 6.23. The predicted molar refractivity (Wildman–Crippen MR) is 76.7 cm³/mol. The van der Waals surface area contributed by atoms with Crippen molar-refractivity contribution in [1.82, 2.24) is 0 Å². The molecule has 4 nitrogen and oxygen atoms in total. The molecule has 4 heteroatoms. The molecule has 0 heterocycles. The van der Waals surface area contributed by atoms with Crippen LogP contribution in [0, 0.1) is 6.92 Å². The quantitative estimate of drug-likeness (QED) is 0.719. The zero-order chi connectivity index (χ0) is 13.4. The second kappa shape index (κ2) is 7.95. The van der Waals surface area contributed by atoms with Gasteiger partial charge in [0.15, 0.2) is 0 Å². The van der Waals surface area contributed by atoms with Crippen LogP contribution in [0.2, 0.25) is 0 Å². The first kappa shape index (κ1) is 14.8. The first-order valence-corrected chi connectivity index (χ1v) is 6.23. The minimum atomic E-state index is 0.648. The fourth-order valence-corrected chi connectivity index (χ4v) is 1.71. The highest BCUT2D eigenvalue weighted by molar-refractivity contribution is 5.61. The molecule has 0 aromatic heterocycles. The number of hydrogen-bond acceptors (Lipinski definition) is 4. The second-order valence-electron chi connectivity index (χ2n) is 4.43. The number of ether oxygens (including phenoxy) is 2. The highest BCUT2D eigenvalue weighted by Gasteiger charge is 2.01. The Morgan fingerprint density at radius 3 is 2.61 bits per heavy atom. The molecule has 1 rings (SSSR count). The van der Waals surface area contributed by atoms with E-state index < -0.39 is 0 Å². The molecule has 0 aliphatic heterocycles. The molecule has 0 fully saturated rings. The molecule has 0 aliphatic carbocycles. The Morgan fingerprint density at radius 2 is 1.94 bits per heavy atom. The lowest BCUT2D eigenvalue weighted by Crippen LogP contribution is -2.13. The van der Waals surface area contributed by atoms with Crippen LogP contribution in [0.3, 0.4) is 0 Å². The van der Waals surface area contributed by atoms with Gasteiger partial charge in [-0.3, -0.25) is 0 Å². The van der Waals surface area contributed by atoms with E-state index >= 15 is 0 Å². The minimum Gasteiger partial charge on any atom is -0.383 e. The van der Waals surface area contributed by atoms with Crippen LogP contribution >= 0.6 is 0 Å². The molecule has 1 N–H and O–H groups in total. The molecular formula is C14H24N2O2. The smallest absolute Gasteiger partial charge is 0.0701 e. The number of nitrogens with one attached hydrogen (secondary N) is 1. The highest BCUT2D eigenvalue weighted by atomic mass is 16.5. The lowest BCUT2D eigenvalue weighted by atomic mass is 10.1. The van der Waals surface area contributed by atoms with Crippen molar-refractivity contribution in [2.75, 3.05) is 57.8 Å². The molecule has 0 atom stereocenters. The zero-order valence-electron chi connectivity index (χ0n) is 11.8. The van der Waals surface area contributed by atoms with Gasteiger partial charge in [-0.25, -0.2) is 0 Å². The van der Waals surface area contributed by atoms with Gasteiger partial charge in [0, 0.05) is 39.1 Å². The van der Waals surface area contributed by atoms with Crippen LogP contribution in [0.25, 0.3) is 0 Å². The Bertz CT molecular complexity index is 354. The summed E-state index contributed by atoms with van der Waals surface area (Å²) in [5, 5.41) is 3.35. The van der Waals surface area contributed by atoms with Crippen molar-refractivity contribution in [3.05, 3.63) is 23.8 Å². The zero-order valence-corrected chi connectivity index (χ0v) is 11.8. The standard InChI is InChI=1S/C14H24N2O2/c1-12-5-6-13(11-14(12)16(2)3)15-7-8-18-10-9-17-4/h5-6,11,15H,7-10H2,1-4H3. The fraction of sp³-hybridized carbons (Fsp3) is 0.571. The van der Waals surface area contributed by atoms with E-state index in [1.807, 2.05) is 0 Å². The van der Waals surface area contributed by atoms with Crippen molar-refractivity contribution in [1.29, 1.82) is 0 Å². The Hall–Kier alpha value is -1.26. The maximum absolute atomic E-state index is 5.40. The normalized spacial score (nSPS) is 10.4. The third kappa shape index (κ3) is 4.94. The second-order valence-corrected chi connectivity index (χ2v) is 4.43. The van der Waals surface area contributed by atoms with E-state index in [9.17, 15) is 0 Å². The van der Waals surface area contributed by atoms with Crippen LogP contribution in [0.4, 0.5) is 11.4 Å². The van der Waals surface area contributed by atoms with Gasteiger partial charge < -0.3 is 19.7 Å². The SMILES string of the molecule is COCCOCCNc1ccc(C)c(N(C)C)c1. The molecule has 0 saturated carbocycles. The maximum atomic E-state index is 5.40. The van der Waals surface area contributed by atoms with Gasteiger partial charge in [-0.15, -0.1) is 0 Å². The lowest BCUT2D eigenvalue weighted by molar-refractivity contribution is 0.0759. The number of nitrogens with zero attached hydrogens (tertiary/aromatic N) is 1. The average molecular weight is 252 g/mol. The van der Waals surface area contributed by atoms with Crippen molar-refractivity contribution < 1.29 is 9.47 Å². The molecule has 1 aromatic carbocycles. The van der Waals surface area contributed by atoms with Crippen molar-refractivity contribution in [3.63, 3.8) is 0 Å². The first-order chi connectivity index (χ1) is 8.65. The molecule has 0 bridgehead atoms. The van der Waals surface area contributed by atoms with Gasteiger partial charge in [-0.2, -0.15) is 0 Å². The van der Waals surface area contributed by atoms with E-state index in [2.05, 4.69) is 49.4 Å². The van der Waals surface area contributed by atoms with E-state index in [1.54, 1.807) is 7.11 Å². The van der Waals surface area contributed by atoms with Crippen molar-refractivity contribution in [2.24, 2.45) is 0 Å². The van der Waals surface area contributed by atoms with E-state index in [4.69, 9.17) is 9.47 Å². The van der Waals surface area contributed by atoms with E-state index in [0.717, 1.165) is 12.2 Å². The molecule has 1 aromatic rings.